The number of hydrogen-bond donors (Lipinski definition) is 2. The third-order valence-electron chi connectivity index (χ3n) is 5.24. The van der Waals surface area contributed by atoms with Gasteiger partial charge in [-0.05, 0) is 36.8 Å². The molecule has 0 bridgehead atoms. The highest BCUT2D eigenvalue weighted by Crippen LogP contribution is 2.26. The van der Waals surface area contributed by atoms with E-state index in [1.165, 1.54) is 16.5 Å². The number of aromatic amines is 1. The molecular weight excluding hydrogens is 316 g/mol. The average Bonchev–Trinajstić information content (AvgIpc) is 3.06. The van der Waals surface area contributed by atoms with Crippen LogP contribution < -0.4 is 5.43 Å². The van der Waals surface area contributed by atoms with Gasteiger partial charge in [0.05, 0.1) is 0 Å². The van der Waals surface area contributed by atoms with Gasteiger partial charge in [-0.2, -0.15) is 5.10 Å². The summed E-state index contributed by atoms with van der Waals surface area (Å²) >= 11 is 0. The second kappa shape index (κ2) is 6.70. The lowest BCUT2D eigenvalue weighted by Crippen LogP contribution is -2.44. The smallest absolute Gasteiger partial charge is 0.270 e. The number of likely N-dealkylation sites (tertiary alicyclic amines) is 1. The Labute approximate surface area is 146 Å². The number of carbonyl (C=O) groups excluding carboxylic acids is 2. The van der Waals surface area contributed by atoms with Crippen molar-refractivity contribution in [1.82, 2.24) is 15.3 Å². The van der Waals surface area contributed by atoms with Gasteiger partial charge in [-0.15, -0.1) is 0 Å². The summed E-state index contributed by atoms with van der Waals surface area (Å²) in [5.41, 5.74) is 5.43. The van der Waals surface area contributed by atoms with Crippen LogP contribution in [0.1, 0.15) is 31.2 Å². The van der Waals surface area contributed by atoms with Crippen LogP contribution in [0.4, 0.5) is 0 Å². The maximum Gasteiger partial charge on any atom is 0.270 e. The summed E-state index contributed by atoms with van der Waals surface area (Å²) in [6, 6.07) is 8.38. The molecule has 2 aliphatic heterocycles. The van der Waals surface area contributed by atoms with Gasteiger partial charge in [0.1, 0.15) is 5.71 Å². The van der Waals surface area contributed by atoms with E-state index in [1.807, 2.05) is 11.0 Å². The lowest BCUT2D eigenvalue weighted by atomic mass is 9.90. The number of piperidine rings is 1. The van der Waals surface area contributed by atoms with Gasteiger partial charge in [0.15, 0.2) is 0 Å². The first-order valence-corrected chi connectivity index (χ1v) is 8.90. The number of hydrazone groups is 1. The highest BCUT2D eigenvalue weighted by atomic mass is 16.2. The number of aromatic nitrogens is 1. The molecule has 1 aromatic heterocycles. The van der Waals surface area contributed by atoms with E-state index < -0.39 is 0 Å². The zero-order chi connectivity index (χ0) is 17.2. The Morgan fingerprint density at radius 3 is 2.76 bits per heavy atom. The van der Waals surface area contributed by atoms with Gasteiger partial charge in [-0.25, -0.2) is 5.43 Å². The molecule has 6 nitrogen and oxygen atoms in total. The molecule has 3 heterocycles. The molecule has 0 atom stereocenters. The quantitative estimate of drug-likeness (QED) is 0.900. The fourth-order valence-corrected chi connectivity index (χ4v) is 3.76. The molecule has 1 aromatic carbocycles. The highest BCUT2D eigenvalue weighted by Gasteiger charge is 2.27. The normalized spacial score (nSPS) is 19.0. The van der Waals surface area contributed by atoms with Crippen LogP contribution in [0.15, 0.2) is 35.6 Å². The van der Waals surface area contributed by atoms with Crippen LogP contribution in [0.3, 0.4) is 0 Å². The SMILES string of the molecule is O=C1CCC(C(=O)N2CCC(Cc3c[nH]c4ccccc34)CC2)=NN1. The first-order chi connectivity index (χ1) is 12.2. The van der Waals surface area contributed by atoms with E-state index in [0.29, 0.717) is 24.5 Å². The molecule has 2 N–H and O–H groups in total. The summed E-state index contributed by atoms with van der Waals surface area (Å²) < 4.78 is 0. The van der Waals surface area contributed by atoms with Crippen LogP contribution in [0.2, 0.25) is 0 Å². The Hall–Kier alpha value is -2.63. The number of carbonyl (C=O) groups is 2. The summed E-state index contributed by atoms with van der Waals surface area (Å²) in [5, 5.41) is 5.22. The fraction of sp³-hybridized carbons (Fsp3) is 0.421. The Kier molecular flexibility index (Phi) is 4.26. The van der Waals surface area contributed by atoms with Gasteiger partial charge in [0.25, 0.3) is 5.91 Å². The van der Waals surface area contributed by atoms with Crippen molar-refractivity contribution in [3.05, 3.63) is 36.0 Å². The minimum Gasteiger partial charge on any atom is -0.361 e. The van der Waals surface area contributed by atoms with Crippen LogP contribution >= 0.6 is 0 Å². The van der Waals surface area contributed by atoms with Crippen LogP contribution in [0, 0.1) is 5.92 Å². The van der Waals surface area contributed by atoms with Crippen LogP contribution in [0.5, 0.6) is 0 Å². The second-order valence-electron chi connectivity index (χ2n) is 6.89. The molecule has 2 aliphatic rings. The number of hydrogen-bond acceptors (Lipinski definition) is 3. The molecule has 6 heteroatoms. The lowest BCUT2D eigenvalue weighted by molar-refractivity contribution is -0.125. The molecule has 130 valence electrons. The van der Waals surface area contributed by atoms with Gasteiger partial charge < -0.3 is 9.88 Å². The number of rotatable bonds is 3. The summed E-state index contributed by atoms with van der Waals surface area (Å²) in [6.07, 6.45) is 5.96. The monoisotopic (exact) mass is 338 g/mol. The van der Waals surface area contributed by atoms with E-state index in [2.05, 4.69) is 39.9 Å². The van der Waals surface area contributed by atoms with Crippen molar-refractivity contribution in [2.45, 2.75) is 32.1 Å². The van der Waals surface area contributed by atoms with Crippen LogP contribution in [0.25, 0.3) is 10.9 Å². The van der Waals surface area contributed by atoms with Gasteiger partial charge in [-0.3, -0.25) is 9.59 Å². The molecule has 0 spiro atoms. The predicted octanol–water partition coefficient (Wildman–Crippen LogP) is 2.21. The molecule has 2 amide bonds. The average molecular weight is 338 g/mol. The molecule has 2 aromatic rings. The van der Waals surface area contributed by atoms with Gasteiger partial charge in [0.2, 0.25) is 5.91 Å². The van der Waals surface area contributed by atoms with Crippen molar-refractivity contribution in [3.8, 4) is 0 Å². The third kappa shape index (κ3) is 3.29. The van der Waals surface area contributed by atoms with E-state index in [-0.39, 0.29) is 11.8 Å². The maximum atomic E-state index is 12.5. The van der Waals surface area contributed by atoms with Crippen molar-refractivity contribution >= 4 is 28.4 Å². The highest BCUT2D eigenvalue weighted by molar-refractivity contribution is 6.39. The van der Waals surface area contributed by atoms with Crippen LogP contribution in [-0.2, 0) is 16.0 Å². The van der Waals surface area contributed by atoms with Crippen molar-refractivity contribution < 1.29 is 9.59 Å². The first-order valence-electron chi connectivity index (χ1n) is 8.90. The molecule has 0 aliphatic carbocycles. The standard InChI is InChI=1S/C19H22N4O2/c24-18-6-5-17(21-22-18)19(25)23-9-7-13(8-10-23)11-14-12-20-16-4-2-1-3-15(14)16/h1-4,12-13,20H,5-11H2,(H,22,24). The summed E-state index contributed by atoms with van der Waals surface area (Å²) in [7, 11) is 0. The Bertz CT molecular complexity index is 831. The minimum atomic E-state index is -0.117. The number of H-pyrrole nitrogens is 1. The molecule has 0 radical (unpaired) electrons. The number of amides is 2. The molecule has 1 saturated heterocycles. The van der Waals surface area contributed by atoms with Crippen molar-refractivity contribution in [1.29, 1.82) is 0 Å². The van der Waals surface area contributed by atoms with Gasteiger partial charge in [0, 0.05) is 43.0 Å². The number of fused-ring (bicyclic) bond motifs is 1. The van der Waals surface area contributed by atoms with E-state index >= 15 is 0 Å². The van der Waals surface area contributed by atoms with Crippen molar-refractivity contribution in [3.63, 3.8) is 0 Å². The van der Waals surface area contributed by atoms with E-state index in [9.17, 15) is 9.59 Å². The third-order valence-corrected chi connectivity index (χ3v) is 5.24. The van der Waals surface area contributed by atoms with E-state index in [0.717, 1.165) is 32.4 Å². The molecule has 0 saturated carbocycles. The fourth-order valence-electron chi connectivity index (χ4n) is 3.76. The Morgan fingerprint density at radius 1 is 1.20 bits per heavy atom. The summed E-state index contributed by atoms with van der Waals surface area (Å²) in [5.74, 6) is 0.454. The Balaban J connectivity index is 1.35. The number of nitrogens with one attached hydrogen (secondary N) is 2. The number of benzene rings is 1. The maximum absolute atomic E-state index is 12.5. The zero-order valence-electron chi connectivity index (χ0n) is 14.1. The number of para-hydroxylation sites is 1. The Morgan fingerprint density at radius 2 is 2.00 bits per heavy atom. The molecular formula is C19H22N4O2. The molecule has 1 fully saturated rings. The van der Waals surface area contributed by atoms with Crippen LogP contribution in [-0.4, -0.2) is 40.5 Å². The van der Waals surface area contributed by atoms with E-state index in [1.54, 1.807) is 0 Å². The van der Waals surface area contributed by atoms with Crippen molar-refractivity contribution in [2.24, 2.45) is 11.0 Å². The molecule has 25 heavy (non-hydrogen) atoms. The zero-order valence-corrected chi connectivity index (χ0v) is 14.1. The molecule has 0 unspecified atom stereocenters. The minimum absolute atomic E-state index is 0.0226. The topological polar surface area (TPSA) is 77.6 Å². The molecule has 4 rings (SSSR count). The summed E-state index contributed by atoms with van der Waals surface area (Å²) in [6.45, 7) is 1.53. The second-order valence-corrected chi connectivity index (χ2v) is 6.89. The van der Waals surface area contributed by atoms with E-state index in [4.69, 9.17) is 0 Å². The van der Waals surface area contributed by atoms with Gasteiger partial charge >= 0.3 is 0 Å². The predicted molar refractivity (Wildman–Crippen MR) is 96.1 cm³/mol. The van der Waals surface area contributed by atoms with Crippen molar-refractivity contribution in [2.75, 3.05) is 13.1 Å². The van der Waals surface area contributed by atoms with Gasteiger partial charge in [-0.1, -0.05) is 18.2 Å². The number of nitrogens with zero attached hydrogens (tertiary/aromatic N) is 2. The lowest BCUT2D eigenvalue weighted by Gasteiger charge is -2.32. The largest absolute Gasteiger partial charge is 0.361 e. The first kappa shape index (κ1) is 15.9. The summed E-state index contributed by atoms with van der Waals surface area (Å²) in [4.78, 5) is 28.9.